The molecule has 2 N–H and O–H groups in total. The van der Waals surface area contributed by atoms with Crippen LogP contribution in [0.15, 0.2) is 29.3 Å². The molecule has 0 amide bonds. The molecule has 1 aliphatic rings. The Morgan fingerprint density at radius 2 is 2.00 bits per heavy atom. The standard InChI is InChI=1S/C14H21N3O2/c1-14(11-4-6-12(19-3)7-5-11)10-16-13(15)17(14)8-9-18-2/h4-7H,8-10H2,1-3H3,(H2,15,16). The van der Waals surface area contributed by atoms with Crippen LogP contribution in [0, 0.1) is 0 Å². The van der Waals surface area contributed by atoms with Crippen LogP contribution in [0.25, 0.3) is 0 Å². The number of guanidine groups is 1. The molecule has 0 saturated carbocycles. The smallest absolute Gasteiger partial charge is 0.192 e. The highest BCUT2D eigenvalue weighted by Gasteiger charge is 2.39. The van der Waals surface area contributed by atoms with E-state index in [9.17, 15) is 0 Å². The van der Waals surface area contributed by atoms with E-state index in [4.69, 9.17) is 15.2 Å². The zero-order valence-corrected chi connectivity index (χ0v) is 11.7. The fourth-order valence-electron chi connectivity index (χ4n) is 2.40. The molecule has 1 atom stereocenters. The molecular formula is C14H21N3O2. The minimum Gasteiger partial charge on any atom is -0.497 e. The van der Waals surface area contributed by atoms with E-state index in [0.29, 0.717) is 19.1 Å². The minimum absolute atomic E-state index is 0.213. The number of methoxy groups -OCH3 is 2. The van der Waals surface area contributed by atoms with Gasteiger partial charge in [0.1, 0.15) is 5.75 Å². The van der Waals surface area contributed by atoms with Gasteiger partial charge in [-0.1, -0.05) is 12.1 Å². The van der Waals surface area contributed by atoms with E-state index in [0.717, 1.165) is 12.3 Å². The second-order valence-corrected chi connectivity index (χ2v) is 4.82. The van der Waals surface area contributed by atoms with Gasteiger partial charge in [-0.3, -0.25) is 4.99 Å². The molecule has 1 aromatic rings. The van der Waals surface area contributed by atoms with Crippen LogP contribution in [0.1, 0.15) is 12.5 Å². The molecular weight excluding hydrogens is 242 g/mol. The number of hydrogen-bond donors (Lipinski definition) is 1. The maximum atomic E-state index is 5.98. The highest BCUT2D eigenvalue weighted by Crippen LogP contribution is 2.33. The van der Waals surface area contributed by atoms with Gasteiger partial charge in [-0.05, 0) is 24.6 Å². The van der Waals surface area contributed by atoms with Gasteiger partial charge in [0, 0.05) is 13.7 Å². The molecule has 5 nitrogen and oxygen atoms in total. The van der Waals surface area contributed by atoms with Gasteiger partial charge in [-0.25, -0.2) is 0 Å². The zero-order valence-electron chi connectivity index (χ0n) is 11.7. The van der Waals surface area contributed by atoms with Crippen LogP contribution in [-0.4, -0.2) is 44.8 Å². The molecule has 104 valence electrons. The maximum Gasteiger partial charge on any atom is 0.192 e. The third kappa shape index (κ3) is 2.51. The van der Waals surface area contributed by atoms with Crippen molar-refractivity contribution in [3.63, 3.8) is 0 Å². The Balaban J connectivity index is 2.24. The molecule has 0 bridgehead atoms. The summed E-state index contributed by atoms with van der Waals surface area (Å²) in [6.45, 7) is 4.17. The first-order chi connectivity index (χ1) is 9.11. The number of nitrogens with zero attached hydrogens (tertiary/aromatic N) is 2. The summed E-state index contributed by atoms with van der Waals surface area (Å²) in [7, 11) is 3.35. The van der Waals surface area contributed by atoms with Crippen LogP contribution < -0.4 is 10.5 Å². The van der Waals surface area contributed by atoms with Crippen LogP contribution >= 0.6 is 0 Å². The van der Waals surface area contributed by atoms with Gasteiger partial charge in [0.2, 0.25) is 0 Å². The first-order valence-electron chi connectivity index (χ1n) is 6.33. The summed E-state index contributed by atoms with van der Waals surface area (Å²) in [6, 6.07) is 8.05. The van der Waals surface area contributed by atoms with Crippen molar-refractivity contribution in [2.75, 3.05) is 33.9 Å². The van der Waals surface area contributed by atoms with Crippen LogP contribution in [0.4, 0.5) is 0 Å². The fraction of sp³-hybridized carbons (Fsp3) is 0.500. The molecule has 0 radical (unpaired) electrons. The maximum absolute atomic E-state index is 5.98. The second-order valence-electron chi connectivity index (χ2n) is 4.82. The molecule has 5 heteroatoms. The van der Waals surface area contributed by atoms with Gasteiger partial charge in [-0.15, -0.1) is 0 Å². The lowest BCUT2D eigenvalue weighted by Crippen LogP contribution is -2.48. The highest BCUT2D eigenvalue weighted by atomic mass is 16.5. The van der Waals surface area contributed by atoms with Gasteiger partial charge in [-0.2, -0.15) is 0 Å². The van der Waals surface area contributed by atoms with E-state index in [2.05, 4.69) is 28.9 Å². The summed E-state index contributed by atoms with van der Waals surface area (Å²) < 4.78 is 10.3. The lowest BCUT2D eigenvalue weighted by atomic mass is 9.91. The van der Waals surface area contributed by atoms with E-state index in [-0.39, 0.29) is 5.54 Å². The zero-order chi connectivity index (χ0) is 13.9. The van der Waals surface area contributed by atoms with Gasteiger partial charge < -0.3 is 20.1 Å². The molecule has 0 aromatic heterocycles. The molecule has 1 aromatic carbocycles. The average Bonchev–Trinajstić information content (AvgIpc) is 2.73. The van der Waals surface area contributed by atoms with Crippen molar-refractivity contribution >= 4 is 5.96 Å². The third-order valence-corrected chi connectivity index (χ3v) is 3.65. The lowest BCUT2D eigenvalue weighted by Gasteiger charge is -2.36. The first kappa shape index (κ1) is 13.7. The number of nitrogens with two attached hydrogens (primary N) is 1. The SMILES string of the molecule is COCCN1C(N)=NCC1(C)c1ccc(OC)cc1. The van der Waals surface area contributed by atoms with E-state index < -0.39 is 0 Å². The molecule has 0 aliphatic carbocycles. The molecule has 1 aliphatic heterocycles. The van der Waals surface area contributed by atoms with Crippen LogP contribution in [0.2, 0.25) is 0 Å². The Kier molecular flexibility index (Phi) is 3.95. The molecule has 0 spiro atoms. The summed E-state index contributed by atoms with van der Waals surface area (Å²) in [5.41, 5.74) is 6.95. The lowest BCUT2D eigenvalue weighted by molar-refractivity contribution is 0.137. The Bertz CT molecular complexity index is 458. The molecule has 2 rings (SSSR count). The predicted molar refractivity (Wildman–Crippen MR) is 75.4 cm³/mol. The number of rotatable bonds is 5. The van der Waals surface area contributed by atoms with E-state index in [1.807, 2.05) is 12.1 Å². The Morgan fingerprint density at radius 1 is 1.32 bits per heavy atom. The highest BCUT2D eigenvalue weighted by molar-refractivity contribution is 5.81. The summed E-state index contributed by atoms with van der Waals surface area (Å²) >= 11 is 0. The van der Waals surface area contributed by atoms with Crippen LogP contribution in [0.3, 0.4) is 0 Å². The molecule has 1 unspecified atom stereocenters. The molecule has 0 saturated heterocycles. The van der Waals surface area contributed by atoms with E-state index in [1.54, 1.807) is 14.2 Å². The van der Waals surface area contributed by atoms with E-state index >= 15 is 0 Å². The van der Waals surface area contributed by atoms with Crippen molar-refractivity contribution in [2.45, 2.75) is 12.5 Å². The van der Waals surface area contributed by atoms with Crippen LogP contribution in [-0.2, 0) is 10.3 Å². The second kappa shape index (κ2) is 5.48. The Labute approximate surface area is 114 Å². The molecule has 1 heterocycles. The van der Waals surface area contributed by atoms with Crippen molar-refractivity contribution in [2.24, 2.45) is 10.7 Å². The van der Waals surface area contributed by atoms with Crippen molar-refractivity contribution < 1.29 is 9.47 Å². The van der Waals surface area contributed by atoms with Crippen molar-refractivity contribution in [1.29, 1.82) is 0 Å². The van der Waals surface area contributed by atoms with E-state index in [1.165, 1.54) is 5.56 Å². The molecule has 0 fully saturated rings. The van der Waals surface area contributed by atoms with Gasteiger partial charge in [0.15, 0.2) is 5.96 Å². The van der Waals surface area contributed by atoms with Crippen molar-refractivity contribution in [3.05, 3.63) is 29.8 Å². The summed E-state index contributed by atoms with van der Waals surface area (Å²) in [5, 5.41) is 0. The quantitative estimate of drug-likeness (QED) is 0.867. The summed E-state index contributed by atoms with van der Waals surface area (Å²) in [5.74, 6) is 1.43. The fourth-order valence-corrected chi connectivity index (χ4v) is 2.40. The van der Waals surface area contributed by atoms with Crippen molar-refractivity contribution in [1.82, 2.24) is 4.90 Å². The number of aliphatic imine (C=N–C) groups is 1. The monoisotopic (exact) mass is 263 g/mol. The number of benzene rings is 1. The predicted octanol–water partition coefficient (Wildman–Crippen LogP) is 1.19. The van der Waals surface area contributed by atoms with Gasteiger partial charge >= 0.3 is 0 Å². The Hall–Kier alpha value is -1.75. The topological polar surface area (TPSA) is 60.1 Å². The summed E-state index contributed by atoms with van der Waals surface area (Å²) in [6.07, 6.45) is 0. The minimum atomic E-state index is -0.213. The van der Waals surface area contributed by atoms with Gasteiger partial charge in [0.25, 0.3) is 0 Å². The van der Waals surface area contributed by atoms with Crippen molar-refractivity contribution in [3.8, 4) is 5.75 Å². The first-order valence-corrected chi connectivity index (χ1v) is 6.33. The van der Waals surface area contributed by atoms with Crippen LogP contribution in [0.5, 0.6) is 5.75 Å². The normalized spacial score (nSPS) is 22.5. The summed E-state index contributed by atoms with van der Waals surface area (Å²) in [4.78, 5) is 6.47. The molecule has 19 heavy (non-hydrogen) atoms. The third-order valence-electron chi connectivity index (χ3n) is 3.65. The largest absolute Gasteiger partial charge is 0.497 e. The van der Waals surface area contributed by atoms with Gasteiger partial charge in [0.05, 0.1) is 25.8 Å². The number of hydrogen-bond acceptors (Lipinski definition) is 5. The Morgan fingerprint density at radius 3 is 2.58 bits per heavy atom. The average molecular weight is 263 g/mol. The number of ether oxygens (including phenoxy) is 2.